The Bertz CT molecular complexity index is 907. The minimum atomic E-state index is -0.0874. The minimum absolute atomic E-state index is 0.0139. The van der Waals surface area contributed by atoms with Gasteiger partial charge in [0.1, 0.15) is 5.82 Å². The van der Waals surface area contributed by atoms with Crippen LogP contribution in [0.3, 0.4) is 0 Å². The van der Waals surface area contributed by atoms with Crippen molar-refractivity contribution in [2.24, 2.45) is 0 Å². The molecule has 1 aliphatic heterocycles. The number of hydrogen-bond donors (Lipinski definition) is 1. The van der Waals surface area contributed by atoms with Crippen LogP contribution in [0.4, 0.5) is 5.13 Å². The molecule has 1 aromatic carbocycles. The van der Waals surface area contributed by atoms with Gasteiger partial charge in [0.05, 0.1) is 30.1 Å². The predicted octanol–water partition coefficient (Wildman–Crippen LogP) is 2.19. The van der Waals surface area contributed by atoms with Crippen LogP contribution < -0.4 is 10.5 Å². The quantitative estimate of drug-likeness (QED) is 0.787. The number of fused-ring (bicyclic) bond motifs is 1. The number of anilines is 1. The molecule has 1 N–H and O–H groups in total. The van der Waals surface area contributed by atoms with E-state index < -0.39 is 0 Å². The molecular weight excluding hydrogens is 324 g/mol. The van der Waals surface area contributed by atoms with E-state index in [1.165, 1.54) is 0 Å². The van der Waals surface area contributed by atoms with Crippen molar-refractivity contribution < 1.29 is 5.11 Å². The first-order valence-electron chi connectivity index (χ1n) is 8.06. The summed E-state index contributed by atoms with van der Waals surface area (Å²) in [6.45, 7) is 1.07. The van der Waals surface area contributed by atoms with Gasteiger partial charge in [-0.3, -0.25) is 9.36 Å². The van der Waals surface area contributed by atoms with E-state index in [1.807, 2.05) is 23.6 Å². The molecule has 0 amide bonds. The topological polar surface area (TPSA) is 71.2 Å². The molecule has 1 unspecified atom stereocenters. The van der Waals surface area contributed by atoms with E-state index in [1.54, 1.807) is 28.2 Å². The molecule has 24 heavy (non-hydrogen) atoms. The average Bonchev–Trinajstić information content (AvgIpc) is 3.28. The Kier molecular flexibility index (Phi) is 4.03. The van der Waals surface area contributed by atoms with Crippen LogP contribution in [0.2, 0.25) is 0 Å². The molecule has 3 heterocycles. The SMILES string of the molecule is O=c1c2ccccc2nc(C2CCCN2c2nccs2)n1CCO. The molecule has 124 valence electrons. The summed E-state index contributed by atoms with van der Waals surface area (Å²) in [6, 6.07) is 7.40. The van der Waals surface area contributed by atoms with Crippen molar-refractivity contribution in [2.45, 2.75) is 25.4 Å². The highest BCUT2D eigenvalue weighted by atomic mass is 32.1. The Morgan fingerprint density at radius 3 is 3.00 bits per heavy atom. The highest BCUT2D eigenvalue weighted by Gasteiger charge is 2.31. The molecule has 6 nitrogen and oxygen atoms in total. The maximum atomic E-state index is 12.9. The summed E-state index contributed by atoms with van der Waals surface area (Å²) < 4.78 is 1.62. The molecule has 1 aliphatic rings. The van der Waals surface area contributed by atoms with Crippen molar-refractivity contribution in [1.29, 1.82) is 0 Å². The summed E-state index contributed by atoms with van der Waals surface area (Å²) in [4.78, 5) is 24.3. The molecule has 1 atom stereocenters. The van der Waals surface area contributed by atoms with Crippen LogP contribution in [-0.4, -0.2) is 32.8 Å². The summed E-state index contributed by atoms with van der Waals surface area (Å²) in [6.07, 6.45) is 3.76. The second-order valence-corrected chi connectivity index (χ2v) is 6.71. The summed E-state index contributed by atoms with van der Waals surface area (Å²) in [5.74, 6) is 0.723. The van der Waals surface area contributed by atoms with Gasteiger partial charge in [-0.2, -0.15) is 0 Å². The van der Waals surface area contributed by atoms with Gasteiger partial charge < -0.3 is 10.0 Å². The van der Waals surface area contributed by atoms with Crippen LogP contribution >= 0.6 is 11.3 Å². The zero-order valence-electron chi connectivity index (χ0n) is 13.1. The zero-order valence-corrected chi connectivity index (χ0v) is 13.9. The number of aliphatic hydroxyl groups is 1. The van der Waals surface area contributed by atoms with Gasteiger partial charge >= 0.3 is 0 Å². The lowest BCUT2D eigenvalue weighted by atomic mass is 10.1. The number of rotatable bonds is 4. The minimum Gasteiger partial charge on any atom is -0.395 e. The number of aliphatic hydroxyl groups excluding tert-OH is 1. The number of hydrogen-bond acceptors (Lipinski definition) is 6. The van der Waals surface area contributed by atoms with Crippen molar-refractivity contribution in [2.75, 3.05) is 18.1 Å². The Labute approximate surface area is 143 Å². The third-order valence-electron chi connectivity index (χ3n) is 4.43. The molecule has 2 aromatic heterocycles. The van der Waals surface area contributed by atoms with E-state index in [0.717, 1.165) is 30.3 Å². The van der Waals surface area contributed by atoms with Crippen molar-refractivity contribution in [3.63, 3.8) is 0 Å². The molecule has 7 heteroatoms. The van der Waals surface area contributed by atoms with Gasteiger partial charge in [0.25, 0.3) is 5.56 Å². The van der Waals surface area contributed by atoms with E-state index in [-0.39, 0.29) is 24.8 Å². The van der Waals surface area contributed by atoms with Crippen LogP contribution in [0, 0.1) is 0 Å². The Hall–Kier alpha value is -2.25. The van der Waals surface area contributed by atoms with Crippen molar-refractivity contribution in [3.05, 3.63) is 52.0 Å². The molecule has 4 rings (SSSR count). The molecule has 3 aromatic rings. The van der Waals surface area contributed by atoms with Gasteiger partial charge in [-0.25, -0.2) is 9.97 Å². The predicted molar refractivity (Wildman–Crippen MR) is 94.5 cm³/mol. The first-order chi connectivity index (χ1) is 11.8. The van der Waals surface area contributed by atoms with Crippen LogP contribution in [-0.2, 0) is 6.54 Å². The molecule has 0 bridgehead atoms. The Morgan fingerprint density at radius 2 is 2.21 bits per heavy atom. The van der Waals surface area contributed by atoms with E-state index >= 15 is 0 Å². The van der Waals surface area contributed by atoms with Crippen LogP contribution in [0.25, 0.3) is 10.9 Å². The van der Waals surface area contributed by atoms with E-state index in [4.69, 9.17) is 4.98 Å². The van der Waals surface area contributed by atoms with E-state index in [9.17, 15) is 9.90 Å². The van der Waals surface area contributed by atoms with Gasteiger partial charge in [-0.1, -0.05) is 12.1 Å². The number of nitrogens with zero attached hydrogens (tertiary/aromatic N) is 4. The fourth-order valence-electron chi connectivity index (χ4n) is 3.38. The third kappa shape index (κ3) is 2.50. The Balaban J connectivity index is 1.88. The second-order valence-electron chi connectivity index (χ2n) is 5.83. The monoisotopic (exact) mass is 342 g/mol. The summed E-state index contributed by atoms with van der Waals surface area (Å²) in [7, 11) is 0. The fourth-order valence-corrected chi connectivity index (χ4v) is 4.10. The molecule has 0 radical (unpaired) electrons. The summed E-state index contributed by atoms with van der Waals surface area (Å²) in [5.41, 5.74) is 0.619. The van der Waals surface area contributed by atoms with Crippen LogP contribution in [0.15, 0.2) is 40.6 Å². The van der Waals surface area contributed by atoms with Gasteiger partial charge in [0.15, 0.2) is 5.13 Å². The molecule has 1 saturated heterocycles. The highest BCUT2D eigenvalue weighted by Crippen LogP contribution is 2.36. The average molecular weight is 342 g/mol. The first-order valence-corrected chi connectivity index (χ1v) is 8.94. The maximum Gasteiger partial charge on any atom is 0.261 e. The molecule has 1 fully saturated rings. The second kappa shape index (κ2) is 6.33. The number of thiazole rings is 1. The van der Waals surface area contributed by atoms with Crippen molar-refractivity contribution >= 4 is 27.4 Å². The van der Waals surface area contributed by atoms with Gasteiger partial charge in [-0.05, 0) is 25.0 Å². The van der Waals surface area contributed by atoms with Gasteiger partial charge in [0, 0.05) is 18.1 Å². The molecule has 0 saturated carbocycles. The van der Waals surface area contributed by atoms with Crippen LogP contribution in [0.5, 0.6) is 0 Å². The van der Waals surface area contributed by atoms with Gasteiger partial charge in [-0.15, -0.1) is 11.3 Å². The lowest BCUT2D eigenvalue weighted by Gasteiger charge is -2.26. The van der Waals surface area contributed by atoms with Crippen LogP contribution in [0.1, 0.15) is 24.7 Å². The lowest BCUT2D eigenvalue weighted by molar-refractivity contribution is 0.270. The summed E-state index contributed by atoms with van der Waals surface area (Å²) >= 11 is 1.60. The number of benzene rings is 1. The number of aromatic nitrogens is 3. The molecular formula is C17H18N4O2S. The van der Waals surface area contributed by atoms with E-state index in [0.29, 0.717) is 10.9 Å². The lowest BCUT2D eigenvalue weighted by Crippen LogP contribution is -2.33. The first kappa shape index (κ1) is 15.3. The Morgan fingerprint density at radius 1 is 1.33 bits per heavy atom. The fraction of sp³-hybridized carbons (Fsp3) is 0.353. The van der Waals surface area contributed by atoms with E-state index in [2.05, 4.69) is 9.88 Å². The number of para-hydroxylation sites is 1. The molecule has 0 aliphatic carbocycles. The smallest absolute Gasteiger partial charge is 0.261 e. The van der Waals surface area contributed by atoms with Crippen molar-refractivity contribution in [1.82, 2.24) is 14.5 Å². The van der Waals surface area contributed by atoms with Crippen molar-refractivity contribution in [3.8, 4) is 0 Å². The molecule has 0 spiro atoms. The zero-order chi connectivity index (χ0) is 16.5. The maximum absolute atomic E-state index is 12.9. The normalized spacial score (nSPS) is 17.7. The standard InChI is InChI=1S/C17H18N4O2S/c22-10-9-21-15(19-13-5-2-1-4-12(13)16(21)23)14-6-3-8-20(14)17-18-7-11-24-17/h1-2,4-5,7,11,14,22H,3,6,8-10H2. The largest absolute Gasteiger partial charge is 0.395 e. The third-order valence-corrected chi connectivity index (χ3v) is 5.24. The highest BCUT2D eigenvalue weighted by molar-refractivity contribution is 7.13. The summed E-state index contributed by atoms with van der Waals surface area (Å²) in [5, 5.41) is 12.9. The van der Waals surface area contributed by atoms with Gasteiger partial charge in [0.2, 0.25) is 0 Å².